The van der Waals surface area contributed by atoms with E-state index in [4.69, 9.17) is 16.3 Å². The number of hydrogen-bond acceptors (Lipinski definition) is 6. The number of aliphatic hydroxyl groups is 1. The molecule has 0 unspecified atom stereocenters. The monoisotopic (exact) mass is 363 g/mol. The number of hydrogen-bond donors (Lipinski definition) is 1. The normalized spacial score (nSPS) is 32.4. The minimum Gasteiger partial charge on any atom is -0.465 e. The number of nitrogens with zero attached hydrogens (tertiary/aromatic N) is 1. The third kappa shape index (κ3) is 2.03. The maximum absolute atomic E-state index is 12.9. The van der Waals surface area contributed by atoms with Gasteiger partial charge in [-0.1, -0.05) is 23.8 Å². The molecule has 0 radical (unpaired) electrons. The van der Waals surface area contributed by atoms with Crippen molar-refractivity contribution in [1.82, 2.24) is 0 Å². The number of carbonyl (C=O) groups is 3. The maximum atomic E-state index is 12.9. The number of rotatable bonds is 3. The number of ether oxygens (including phenoxy) is 2. The van der Waals surface area contributed by atoms with Gasteiger partial charge in [-0.25, -0.2) is 9.69 Å². The zero-order valence-corrected chi connectivity index (χ0v) is 13.9. The van der Waals surface area contributed by atoms with Gasteiger partial charge < -0.3 is 14.6 Å². The van der Waals surface area contributed by atoms with Crippen LogP contribution in [0.1, 0.15) is 10.4 Å². The van der Waals surface area contributed by atoms with Gasteiger partial charge in [-0.05, 0) is 18.2 Å². The number of fused-ring (bicyclic) bond motifs is 5. The Kier molecular flexibility index (Phi) is 3.50. The van der Waals surface area contributed by atoms with Crippen LogP contribution in [0.3, 0.4) is 0 Å². The molecule has 3 heterocycles. The number of aliphatic hydroxyl groups excluding tert-OH is 1. The molecule has 2 amide bonds. The lowest BCUT2D eigenvalue weighted by atomic mass is 9.77. The van der Waals surface area contributed by atoms with E-state index < -0.39 is 41.3 Å². The van der Waals surface area contributed by atoms with E-state index in [-0.39, 0.29) is 22.9 Å². The highest BCUT2D eigenvalue weighted by atomic mass is 35.5. The Balaban J connectivity index is 1.75. The van der Waals surface area contributed by atoms with Crippen molar-refractivity contribution in [2.24, 2.45) is 11.8 Å². The van der Waals surface area contributed by atoms with Gasteiger partial charge in [0.05, 0.1) is 47.9 Å². The molecule has 1 aromatic carbocycles. The summed E-state index contributed by atoms with van der Waals surface area (Å²) in [6.45, 7) is -0.387. The van der Waals surface area contributed by atoms with Crippen LogP contribution in [0.5, 0.6) is 0 Å². The van der Waals surface area contributed by atoms with Crippen LogP contribution in [0, 0.1) is 11.8 Å². The zero-order valence-electron chi connectivity index (χ0n) is 13.1. The lowest BCUT2D eigenvalue weighted by molar-refractivity contribution is -0.128. The molecule has 1 N–H and O–H groups in total. The van der Waals surface area contributed by atoms with Gasteiger partial charge in [-0.2, -0.15) is 0 Å². The summed E-state index contributed by atoms with van der Waals surface area (Å²) in [6, 6.07) is 4.28. The Morgan fingerprint density at radius 3 is 2.84 bits per heavy atom. The van der Waals surface area contributed by atoms with Crippen molar-refractivity contribution < 1.29 is 29.0 Å². The molecule has 25 heavy (non-hydrogen) atoms. The molecule has 8 heteroatoms. The van der Waals surface area contributed by atoms with Crippen molar-refractivity contribution in [2.75, 3.05) is 18.6 Å². The van der Waals surface area contributed by atoms with Gasteiger partial charge in [0.25, 0.3) is 0 Å². The van der Waals surface area contributed by atoms with Crippen molar-refractivity contribution in [3.63, 3.8) is 0 Å². The summed E-state index contributed by atoms with van der Waals surface area (Å²) in [4.78, 5) is 38.6. The number of halogens is 1. The summed E-state index contributed by atoms with van der Waals surface area (Å²) in [6.07, 6.45) is 2.81. The number of amides is 2. The third-order valence-electron chi connectivity index (χ3n) is 5.02. The number of imide groups is 1. The Morgan fingerprint density at radius 2 is 2.16 bits per heavy atom. The lowest BCUT2D eigenvalue weighted by Gasteiger charge is -2.26. The summed E-state index contributed by atoms with van der Waals surface area (Å²) in [5.41, 5.74) is -0.857. The fraction of sp³-hybridized carbons (Fsp3) is 0.353. The first-order valence-electron chi connectivity index (χ1n) is 7.67. The Labute approximate surface area is 147 Å². The van der Waals surface area contributed by atoms with Crippen LogP contribution in [0.4, 0.5) is 5.69 Å². The molecular weight excluding hydrogens is 350 g/mol. The van der Waals surface area contributed by atoms with E-state index in [2.05, 4.69) is 4.74 Å². The number of esters is 1. The molecule has 4 atom stereocenters. The number of carbonyl (C=O) groups excluding carboxylic acids is 3. The van der Waals surface area contributed by atoms with Crippen LogP contribution < -0.4 is 4.90 Å². The summed E-state index contributed by atoms with van der Waals surface area (Å²) >= 11 is 5.99. The molecule has 130 valence electrons. The minimum absolute atomic E-state index is 0.0635. The fourth-order valence-electron chi connectivity index (χ4n) is 3.86. The third-order valence-corrected chi connectivity index (χ3v) is 5.35. The van der Waals surface area contributed by atoms with E-state index in [0.717, 1.165) is 4.90 Å². The second kappa shape index (κ2) is 5.39. The first kappa shape index (κ1) is 16.3. The molecule has 4 rings (SSSR count). The van der Waals surface area contributed by atoms with E-state index in [9.17, 15) is 19.5 Å². The lowest BCUT2D eigenvalue weighted by Crippen LogP contribution is -2.43. The Morgan fingerprint density at radius 1 is 1.40 bits per heavy atom. The highest BCUT2D eigenvalue weighted by Gasteiger charge is 2.67. The number of methoxy groups -OCH3 is 1. The van der Waals surface area contributed by atoms with Crippen molar-refractivity contribution >= 4 is 35.1 Å². The molecule has 1 aromatic rings. The first-order chi connectivity index (χ1) is 11.9. The van der Waals surface area contributed by atoms with Gasteiger partial charge in [0.15, 0.2) is 0 Å². The summed E-state index contributed by atoms with van der Waals surface area (Å²) in [5, 5.41) is 9.86. The Bertz CT molecular complexity index is 836. The topological polar surface area (TPSA) is 93.1 Å². The predicted octanol–water partition coefficient (Wildman–Crippen LogP) is 0.932. The van der Waals surface area contributed by atoms with Crippen LogP contribution in [-0.2, 0) is 19.1 Å². The molecule has 0 spiro atoms. The molecule has 3 aliphatic heterocycles. The smallest absolute Gasteiger partial charge is 0.339 e. The van der Waals surface area contributed by atoms with E-state index in [1.165, 1.54) is 25.3 Å². The van der Waals surface area contributed by atoms with E-state index in [0.29, 0.717) is 0 Å². The molecule has 0 aliphatic carbocycles. The number of benzene rings is 1. The molecular formula is C17H14ClNO6. The minimum atomic E-state index is -1.16. The average molecular weight is 364 g/mol. The summed E-state index contributed by atoms with van der Waals surface area (Å²) < 4.78 is 10.3. The quantitative estimate of drug-likeness (QED) is 0.488. The van der Waals surface area contributed by atoms with Crippen molar-refractivity contribution in [2.45, 2.75) is 11.7 Å². The first-order valence-corrected chi connectivity index (χ1v) is 8.05. The Hall–Kier alpha value is -2.22. The molecule has 0 saturated carbocycles. The summed E-state index contributed by atoms with van der Waals surface area (Å²) in [7, 11) is 1.22. The van der Waals surface area contributed by atoms with Gasteiger partial charge in [0, 0.05) is 0 Å². The SMILES string of the molecule is COC(=O)c1cc(N2C(=O)[C@@H]3[C@@H]4C=C[C@](CO)(O4)[C@@H]3C2=O)ccc1Cl. The molecule has 2 bridgehead atoms. The van der Waals surface area contributed by atoms with Crippen LogP contribution in [-0.4, -0.2) is 48.3 Å². The molecule has 2 saturated heterocycles. The van der Waals surface area contributed by atoms with Gasteiger partial charge in [0.2, 0.25) is 11.8 Å². The largest absolute Gasteiger partial charge is 0.465 e. The van der Waals surface area contributed by atoms with Gasteiger partial charge in [-0.15, -0.1) is 0 Å². The van der Waals surface area contributed by atoms with E-state index >= 15 is 0 Å². The molecule has 2 fully saturated rings. The summed E-state index contributed by atoms with van der Waals surface area (Å²) in [5.74, 6) is -3.01. The van der Waals surface area contributed by atoms with Gasteiger partial charge in [-0.3, -0.25) is 9.59 Å². The van der Waals surface area contributed by atoms with Crippen LogP contribution in [0.25, 0.3) is 0 Å². The van der Waals surface area contributed by atoms with Crippen LogP contribution in [0.15, 0.2) is 30.4 Å². The van der Waals surface area contributed by atoms with Gasteiger partial charge in [0.1, 0.15) is 5.60 Å². The predicted molar refractivity (Wildman–Crippen MR) is 86.1 cm³/mol. The standard InChI is InChI=1S/C17H14ClNO6/c1-24-16(23)9-6-8(2-3-10(9)18)19-14(21)12-11-4-5-17(7-20,25-11)13(12)15(19)22/h2-6,11-13,20H,7H2,1H3/t11-,12+,13-,17+/m0/s1. The molecule has 3 aliphatic rings. The second-order valence-electron chi connectivity index (χ2n) is 6.23. The van der Waals surface area contributed by atoms with E-state index in [1.54, 1.807) is 12.2 Å². The highest BCUT2D eigenvalue weighted by Crippen LogP contribution is 2.52. The van der Waals surface area contributed by atoms with E-state index in [1.807, 2.05) is 0 Å². The maximum Gasteiger partial charge on any atom is 0.339 e. The van der Waals surface area contributed by atoms with Gasteiger partial charge >= 0.3 is 5.97 Å². The van der Waals surface area contributed by atoms with Crippen molar-refractivity contribution in [3.05, 3.63) is 40.9 Å². The zero-order chi connectivity index (χ0) is 17.9. The van der Waals surface area contributed by atoms with Crippen molar-refractivity contribution in [1.29, 1.82) is 0 Å². The molecule has 7 nitrogen and oxygen atoms in total. The average Bonchev–Trinajstić information content (AvgIpc) is 3.26. The van der Waals surface area contributed by atoms with Crippen LogP contribution in [0.2, 0.25) is 5.02 Å². The highest BCUT2D eigenvalue weighted by molar-refractivity contribution is 6.34. The van der Waals surface area contributed by atoms with Crippen LogP contribution >= 0.6 is 11.6 Å². The number of anilines is 1. The fourth-order valence-corrected chi connectivity index (χ4v) is 4.05. The molecule has 0 aromatic heterocycles. The second-order valence-corrected chi connectivity index (χ2v) is 6.63. The van der Waals surface area contributed by atoms with Crippen molar-refractivity contribution in [3.8, 4) is 0 Å².